The number of carbonyl (C=O) groups is 1. The maximum Gasteiger partial charge on any atom is 0.253 e. The van der Waals surface area contributed by atoms with Gasteiger partial charge < -0.3 is 15.0 Å². The topological polar surface area (TPSA) is 78.9 Å². The first kappa shape index (κ1) is 26.5. The van der Waals surface area contributed by atoms with Crippen molar-refractivity contribution in [1.82, 2.24) is 14.5 Å². The van der Waals surface area contributed by atoms with E-state index in [1.54, 1.807) is 7.11 Å². The summed E-state index contributed by atoms with van der Waals surface area (Å²) in [6.07, 6.45) is 0. The highest BCUT2D eigenvalue weighted by atomic mass is 35.5. The molecule has 3 rings (SSSR count). The largest absolute Gasteiger partial charge is 0.496 e. The fraction of sp³-hybridized carbons (Fsp3) is 0.480. The van der Waals surface area contributed by atoms with Crippen LogP contribution >= 0.6 is 11.6 Å². The van der Waals surface area contributed by atoms with Gasteiger partial charge in [0.05, 0.1) is 28.6 Å². The number of nitrogens with zero attached hydrogens (tertiary/aromatic N) is 2. The minimum absolute atomic E-state index is 0.0713. The molecule has 34 heavy (non-hydrogen) atoms. The van der Waals surface area contributed by atoms with Crippen LogP contribution in [-0.4, -0.2) is 63.9 Å². The van der Waals surface area contributed by atoms with Crippen LogP contribution in [0, 0.1) is 6.92 Å². The highest BCUT2D eigenvalue weighted by Gasteiger charge is 2.29. The summed E-state index contributed by atoms with van der Waals surface area (Å²) in [5, 5.41) is 3.19. The van der Waals surface area contributed by atoms with E-state index in [-0.39, 0.29) is 27.4 Å². The van der Waals surface area contributed by atoms with Crippen LogP contribution in [-0.2, 0) is 10.0 Å². The van der Waals surface area contributed by atoms with Crippen molar-refractivity contribution < 1.29 is 17.9 Å². The highest BCUT2D eigenvalue weighted by molar-refractivity contribution is 7.89. The Morgan fingerprint density at radius 1 is 1.06 bits per heavy atom. The predicted molar refractivity (Wildman–Crippen MR) is 135 cm³/mol. The summed E-state index contributed by atoms with van der Waals surface area (Å²) in [6, 6.07) is 8.02. The van der Waals surface area contributed by atoms with Crippen molar-refractivity contribution >= 4 is 27.5 Å². The number of aryl methyl sites for hydroxylation is 1. The molecule has 1 N–H and O–H groups in total. The minimum Gasteiger partial charge on any atom is -0.496 e. The Labute approximate surface area is 208 Å². The molecule has 186 valence electrons. The number of rotatable bonds is 7. The van der Waals surface area contributed by atoms with Gasteiger partial charge in [0.2, 0.25) is 10.0 Å². The molecule has 9 heteroatoms. The summed E-state index contributed by atoms with van der Waals surface area (Å²) in [5.74, 6) is 0.650. The van der Waals surface area contributed by atoms with Gasteiger partial charge in [0.25, 0.3) is 5.91 Å². The number of ether oxygens (including phenoxy) is 1. The molecule has 2 aromatic carbocycles. The average Bonchev–Trinajstić information content (AvgIpc) is 2.78. The first-order valence-corrected chi connectivity index (χ1v) is 13.2. The fourth-order valence-corrected chi connectivity index (χ4v) is 5.83. The molecule has 0 bridgehead atoms. The van der Waals surface area contributed by atoms with E-state index in [4.69, 9.17) is 16.3 Å². The zero-order valence-corrected chi connectivity index (χ0v) is 22.3. The molecule has 1 amide bonds. The Bertz CT molecular complexity index is 1160. The number of hydrogen-bond acceptors (Lipinski definition) is 5. The van der Waals surface area contributed by atoms with Crippen molar-refractivity contribution in [2.24, 2.45) is 0 Å². The monoisotopic (exact) mass is 507 g/mol. The Hall–Kier alpha value is -2.13. The second kappa shape index (κ2) is 10.6. The van der Waals surface area contributed by atoms with Crippen LogP contribution in [0.1, 0.15) is 59.8 Å². The molecule has 7 nitrogen and oxygen atoms in total. The molecular weight excluding hydrogens is 474 g/mol. The average molecular weight is 508 g/mol. The first-order valence-electron chi connectivity index (χ1n) is 11.4. The van der Waals surface area contributed by atoms with Gasteiger partial charge in [0, 0.05) is 26.2 Å². The van der Waals surface area contributed by atoms with Crippen LogP contribution in [0.15, 0.2) is 35.2 Å². The van der Waals surface area contributed by atoms with Gasteiger partial charge in [0.15, 0.2) is 0 Å². The van der Waals surface area contributed by atoms with Crippen molar-refractivity contribution in [1.29, 1.82) is 0 Å². The van der Waals surface area contributed by atoms with E-state index in [1.807, 2.05) is 27.0 Å². The Balaban J connectivity index is 1.86. The molecule has 0 spiro atoms. The lowest BCUT2D eigenvalue weighted by Gasteiger charge is -2.31. The molecule has 1 unspecified atom stereocenters. The standard InChI is InChI=1S/C25H34ClN3O4S/c1-16(2)20-15-21(17(3)13-24(20)33-6)18(4)27-25(30)22-14-19(7-8-23(22)26)34(31,32)29-11-9-28(5)10-12-29/h7-8,13-16,18H,9-12H2,1-6H3,(H,27,30). The van der Waals surface area contributed by atoms with E-state index in [1.165, 1.54) is 22.5 Å². The fourth-order valence-electron chi connectivity index (χ4n) is 4.18. The third kappa shape index (κ3) is 5.57. The second-order valence-corrected chi connectivity index (χ2v) is 11.5. The molecular formula is C25H34ClN3O4S. The van der Waals surface area contributed by atoms with Crippen molar-refractivity contribution in [3.05, 3.63) is 57.6 Å². The van der Waals surface area contributed by atoms with Crippen molar-refractivity contribution in [2.75, 3.05) is 40.3 Å². The lowest BCUT2D eigenvalue weighted by molar-refractivity contribution is 0.0939. The molecule has 1 atom stereocenters. The molecule has 1 aliphatic rings. The zero-order valence-electron chi connectivity index (χ0n) is 20.7. The molecule has 2 aromatic rings. The summed E-state index contributed by atoms with van der Waals surface area (Å²) in [7, 11) is -0.102. The van der Waals surface area contributed by atoms with E-state index >= 15 is 0 Å². The number of amides is 1. The third-order valence-electron chi connectivity index (χ3n) is 6.34. The molecule has 0 aromatic heterocycles. The SMILES string of the molecule is COc1cc(C)c(C(C)NC(=O)c2cc(S(=O)(=O)N3CCN(C)CC3)ccc2Cl)cc1C(C)C. The van der Waals surface area contributed by atoms with Crippen molar-refractivity contribution in [3.63, 3.8) is 0 Å². The van der Waals surface area contributed by atoms with Gasteiger partial charge in [0.1, 0.15) is 5.75 Å². The van der Waals surface area contributed by atoms with Gasteiger partial charge in [-0.05, 0) is 73.8 Å². The van der Waals surface area contributed by atoms with Gasteiger partial charge in [-0.3, -0.25) is 4.79 Å². The van der Waals surface area contributed by atoms with Crippen LogP contribution in [0.3, 0.4) is 0 Å². The van der Waals surface area contributed by atoms with Crippen molar-refractivity contribution in [2.45, 2.75) is 44.6 Å². The number of halogens is 1. The Kier molecular flexibility index (Phi) is 8.29. The molecule has 0 radical (unpaired) electrons. The third-order valence-corrected chi connectivity index (χ3v) is 8.56. The zero-order chi connectivity index (χ0) is 25.2. The van der Waals surface area contributed by atoms with Gasteiger partial charge in [-0.15, -0.1) is 0 Å². The molecule has 0 aliphatic carbocycles. The summed E-state index contributed by atoms with van der Waals surface area (Å²) in [5.41, 5.74) is 3.16. The van der Waals surface area contributed by atoms with Gasteiger partial charge >= 0.3 is 0 Å². The molecule has 1 saturated heterocycles. The van der Waals surface area contributed by atoms with Crippen LogP contribution in [0.2, 0.25) is 5.02 Å². The second-order valence-electron chi connectivity index (χ2n) is 9.15. The lowest BCUT2D eigenvalue weighted by atomic mass is 9.93. The number of carbonyl (C=O) groups excluding carboxylic acids is 1. The van der Waals surface area contributed by atoms with Crippen LogP contribution in [0.4, 0.5) is 0 Å². The Morgan fingerprint density at radius 3 is 2.29 bits per heavy atom. The van der Waals surface area contributed by atoms with Gasteiger partial charge in [-0.1, -0.05) is 25.4 Å². The lowest BCUT2D eigenvalue weighted by Crippen LogP contribution is -2.47. The number of methoxy groups -OCH3 is 1. The molecule has 1 aliphatic heterocycles. The highest BCUT2D eigenvalue weighted by Crippen LogP contribution is 2.32. The van der Waals surface area contributed by atoms with Crippen molar-refractivity contribution in [3.8, 4) is 5.75 Å². The Morgan fingerprint density at radius 2 is 1.71 bits per heavy atom. The van der Waals surface area contributed by atoms with E-state index in [0.29, 0.717) is 26.2 Å². The smallest absolute Gasteiger partial charge is 0.253 e. The van der Waals surface area contributed by atoms with E-state index < -0.39 is 15.9 Å². The maximum atomic E-state index is 13.2. The number of hydrogen-bond donors (Lipinski definition) is 1. The molecule has 1 heterocycles. The number of likely N-dealkylation sites (N-methyl/N-ethyl adjacent to an activating group) is 1. The first-order chi connectivity index (χ1) is 15.9. The minimum atomic E-state index is -3.71. The summed E-state index contributed by atoms with van der Waals surface area (Å²) in [6.45, 7) is 10.2. The van der Waals surface area contributed by atoms with Gasteiger partial charge in [-0.2, -0.15) is 4.31 Å². The summed E-state index contributed by atoms with van der Waals surface area (Å²) >= 11 is 6.32. The molecule has 0 saturated carbocycles. The number of piperazine rings is 1. The van der Waals surface area contributed by atoms with E-state index in [2.05, 4.69) is 30.1 Å². The normalized spacial score (nSPS) is 16.5. The predicted octanol–water partition coefficient (Wildman–Crippen LogP) is 4.21. The van der Waals surface area contributed by atoms with E-state index in [0.717, 1.165) is 22.4 Å². The quantitative estimate of drug-likeness (QED) is 0.607. The van der Waals surface area contributed by atoms with Gasteiger partial charge in [-0.25, -0.2) is 8.42 Å². The number of benzene rings is 2. The van der Waals surface area contributed by atoms with E-state index in [9.17, 15) is 13.2 Å². The number of nitrogens with one attached hydrogen (secondary N) is 1. The van der Waals surface area contributed by atoms with Crippen LogP contribution in [0.5, 0.6) is 5.75 Å². The van der Waals surface area contributed by atoms with Crippen LogP contribution < -0.4 is 10.1 Å². The van der Waals surface area contributed by atoms with Crippen LogP contribution in [0.25, 0.3) is 0 Å². The number of sulfonamides is 1. The maximum absolute atomic E-state index is 13.2. The molecule has 1 fully saturated rings. The summed E-state index contributed by atoms with van der Waals surface area (Å²) in [4.78, 5) is 15.3. The summed E-state index contributed by atoms with van der Waals surface area (Å²) < 4.78 is 33.3.